The topological polar surface area (TPSA) is 27.6 Å². The van der Waals surface area contributed by atoms with Gasteiger partial charge in [-0.2, -0.15) is 0 Å². The number of aliphatic imine (C=N–C) groups is 1. The number of hydrogen-bond acceptors (Lipinski definition) is 3. The minimum atomic E-state index is 0.650. The zero-order chi connectivity index (χ0) is 9.68. The normalized spacial score (nSPS) is 30.4. The Morgan fingerprint density at radius 3 is 2.92 bits per heavy atom. The Bertz CT molecular complexity index is 168. The van der Waals surface area contributed by atoms with E-state index in [9.17, 15) is 0 Å². The molecule has 1 N–H and O–H groups in total. The molecule has 0 bridgehead atoms. The van der Waals surface area contributed by atoms with Crippen molar-refractivity contribution in [2.24, 2.45) is 16.8 Å². The molecule has 1 saturated heterocycles. The van der Waals surface area contributed by atoms with Gasteiger partial charge < -0.3 is 10.2 Å². The first-order valence-corrected chi connectivity index (χ1v) is 5.11. The summed E-state index contributed by atoms with van der Waals surface area (Å²) in [7, 11) is 4.20. The van der Waals surface area contributed by atoms with E-state index in [0.717, 1.165) is 25.6 Å². The molecule has 13 heavy (non-hydrogen) atoms. The molecule has 0 aromatic heterocycles. The predicted molar refractivity (Wildman–Crippen MR) is 57.4 cm³/mol. The fourth-order valence-electron chi connectivity index (χ4n) is 2.01. The van der Waals surface area contributed by atoms with E-state index in [4.69, 9.17) is 0 Å². The smallest absolute Gasteiger partial charge is 0.0357 e. The second-order valence-electron chi connectivity index (χ2n) is 3.85. The van der Waals surface area contributed by atoms with Crippen molar-refractivity contribution in [2.45, 2.75) is 6.92 Å². The van der Waals surface area contributed by atoms with Crippen molar-refractivity contribution in [2.75, 3.05) is 40.3 Å². The molecule has 1 heterocycles. The summed E-state index contributed by atoms with van der Waals surface area (Å²) in [6.45, 7) is 6.45. The molecule has 1 aliphatic heterocycles. The molecule has 0 spiro atoms. The summed E-state index contributed by atoms with van der Waals surface area (Å²) in [5.74, 6) is 1.39. The Morgan fingerprint density at radius 2 is 2.31 bits per heavy atom. The van der Waals surface area contributed by atoms with Crippen LogP contribution in [0.15, 0.2) is 4.99 Å². The molecule has 0 aromatic rings. The Balaban J connectivity index is 2.45. The Labute approximate surface area is 81.2 Å². The highest BCUT2D eigenvalue weighted by Crippen LogP contribution is 2.19. The molecule has 76 valence electrons. The Morgan fingerprint density at radius 1 is 1.54 bits per heavy atom. The number of likely N-dealkylation sites (tertiary alicyclic amines) is 1. The van der Waals surface area contributed by atoms with Crippen molar-refractivity contribution in [1.29, 1.82) is 0 Å². The van der Waals surface area contributed by atoms with Gasteiger partial charge in [-0.25, -0.2) is 0 Å². The highest BCUT2D eigenvalue weighted by atomic mass is 15.1. The van der Waals surface area contributed by atoms with Crippen LogP contribution in [0.1, 0.15) is 6.92 Å². The molecule has 0 amide bonds. The maximum absolute atomic E-state index is 4.34. The highest BCUT2D eigenvalue weighted by molar-refractivity contribution is 5.62. The maximum Gasteiger partial charge on any atom is 0.0357 e. The van der Waals surface area contributed by atoms with E-state index in [1.54, 1.807) is 0 Å². The molecule has 1 aliphatic rings. The molecule has 0 saturated carbocycles. The first-order chi connectivity index (χ1) is 6.27. The van der Waals surface area contributed by atoms with E-state index < -0.39 is 0 Å². The Kier molecular flexibility index (Phi) is 4.39. The van der Waals surface area contributed by atoms with Crippen molar-refractivity contribution in [1.82, 2.24) is 10.2 Å². The second kappa shape index (κ2) is 5.35. The van der Waals surface area contributed by atoms with Crippen LogP contribution in [0.3, 0.4) is 0 Å². The van der Waals surface area contributed by atoms with Crippen LogP contribution in [0.5, 0.6) is 0 Å². The van der Waals surface area contributed by atoms with Crippen LogP contribution < -0.4 is 5.32 Å². The van der Waals surface area contributed by atoms with E-state index in [-0.39, 0.29) is 0 Å². The Hall–Kier alpha value is -0.410. The van der Waals surface area contributed by atoms with Gasteiger partial charge in [0, 0.05) is 31.8 Å². The number of hydrogen-bond donors (Lipinski definition) is 1. The van der Waals surface area contributed by atoms with Crippen LogP contribution in [0.2, 0.25) is 0 Å². The molecule has 0 aromatic carbocycles. The van der Waals surface area contributed by atoms with Gasteiger partial charge in [0.1, 0.15) is 0 Å². The van der Waals surface area contributed by atoms with Crippen molar-refractivity contribution in [3.05, 3.63) is 0 Å². The van der Waals surface area contributed by atoms with Gasteiger partial charge in [-0.1, -0.05) is 0 Å². The standard InChI is InChI=1S/C10H21N3/c1-4-12-6-10-8-13(3)7-9(10)5-11-2/h6,9-11H,4-5,7-8H2,1-3H3/b12-6+. The number of nitrogens with zero attached hydrogens (tertiary/aromatic N) is 2. The lowest BCUT2D eigenvalue weighted by Crippen LogP contribution is -2.25. The van der Waals surface area contributed by atoms with E-state index in [1.165, 1.54) is 6.54 Å². The van der Waals surface area contributed by atoms with Crippen LogP contribution in [-0.2, 0) is 0 Å². The summed E-state index contributed by atoms with van der Waals surface area (Å²) < 4.78 is 0. The summed E-state index contributed by atoms with van der Waals surface area (Å²) in [6, 6.07) is 0. The molecule has 2 unspecified atom stereocenters. The molecule has 3 heteroatoms. The fraction of sp³-hybridized carbons (Fsp3) is 0.900. The van der Waals surface area contributed by atoms with Gasteiger partial charge in [0.2, 0.25) is 0 Å². The average molecular weight is 183 g/mol. The van der Waals surface area contributed by atoms with Gasteiger partial charge >= 0.3 is 0 Å². The van der Waals surface area contributed by atoms with Crippen molar-refractivity contribution >= 4 is 6.21 Å². The van der Waals surface area contributed by atoms with Gasteiger partial charge in [-0.05, 0) is 33.5 Å². The molecule has 1 fully saturated rings. The first kappa shape index (κ1) is 10.7. The fourth-order valence-corrected chi connectivity index (χ4v) is 2.01. The van der Waals surface area contributed by atoms with Gasteiger partial charge in [-0.3, -0.25) is 4.99 Å². The van der Waals surface area contributed by atoms with Crippen molar-refractivity contribution in [3.63, 3.8) is 0 Å². The SMILES string of the molecule is CC/N=C/C1CN(C)CC1CNC. The van der Waals surface area contributed by atoms with E-state index >= 15 is 0 Å². The van der Waals surface area contributed by atoms with Crippen LogP contribution in [0, 0.1) is 11.8 Å². The quantitative estimate of drug-likeness (QED) is 0.642. The molecule has 3 nitrogen and oxygen atoms in total. The van der Waals surface area contributed by atoms with E-state index in [0.29, 0.717) is 5.92 Å². The summed E-state index contributed by atoms with van der Waals surface area (Å²) in [4.78, 5) is 6.72. The molecule has 0 aliphatic carbocycles. The van der Waals surface area contributed by atoms with Gasteiger partial charge in [0.05, 0.1) is 0 Å². The summed E-state index contributed by atoms with van der Waals surface area (Å²) >= 11 is 0. The predicted octanol–water partition coefficient (Wildman–Crippen LogP) is 0.474. The zero-order valence-corrected chi connectivity index (χ0v) is 8.95. The number of rotatable bonds is 4. The molecular formula is C10H21N3. The highest BCUT2D eigenvalue weighted by Gasteiger charge is 2.28. The summed E-state index contributed by atoms with van der Waals surface area (Å²) in [5, 5.41) is 3.25. The third-order valence-corrected chi connectivity index (χ3v) is 2.62. The van der Waals surface area contributed by atoms with Crippen LogP contribution in [0.4, 0.5) is 0 Å². The lowest BCUT2D eigenvalue weighted by atomic mass is 9.97. The molecule has 1 rings (SSSR count). The third-order valence-electron chi connectivity index (χ3n) is 2.62. The minimum absolute atomic E-state index is 0.650. The van der Waals surface area contributed by atoms with Gasteiger partial charge in [-0.15, -0.1) is 0 Å². The largest absolute Gasteiger partial charge is 0.319 e. The lowest BCUT2D eigenvalue weighted by Gasteiger charge is -2.13. The third kappa shape index (κ3) is 3.08. The maximum atomic E-state index is 4.34. The number of nitrogens with one attached hydrogen (secondary N) is 1. The van der Waals surface area contributed by atoms with Crippen LogP contribution in [0.25, 0.3) is 0 Å². The van der Waals surface area contributed by atoms with Gasteiger partial charge in [0.15, 0.2) is 0 Å². The van der Waals surface area contributed by atoms with E-state index in [2.05, 4.69) is 35.4 Å². The minimum Gasteiger partial charge on any atom is -0.319 e. The van der Waals surface area contributed by atoms with Crippen molar-refractivity contribution in [3.8, 4) is 0 Å². The van der Waals surface area contributed by atoms with Crippen molar-refractivity contribution < 1.29 is 0 Å². The summed E-state index contributed by atoms with van der Waals surface area (Å²) in [5.41, 5.74) is 0. The zero-order valence-electron chi connectivity index (χ0n) is 8.95. The van der Waals surface area contributed by atoms with Gasteiger partial charge in [0.25, 0.3) is 0 Å². The molecular weight excluding hydrogens is 162 g/mol. The first-order valence-electron chi connectivity index (χ1n) is 5.11. The average Bonchev–Trinajstić information content (AvgIpc) is 2.44. The second-order valence-corrected chi connectivity index (χ2v) is 3.85. The van der Waals surface area contributed by atoms with Crippen LogP contribution in [-0.4, -0.2) is 51.4 Å². The summed E-state index contributed by atoms with van der Waals surface area (Å²) in [6.07, 6.45) is 2.14. The molecule has 0 radical (unpaired) electrons. The lowest BCUT2D eigenvalue weighted by molar-refractivity contribution is 0.392. The monoisotopic (exact) mass is 183 g/mol. The van der Waals surface area contributed by atoms with E-state index in [1.807, 2.05) is 7.05 Å². The molecule has 2 atom stereocenters. The van der Waals surface area contributed by atoms with Crippen LogP contribution >= 0.6 is 0 Å².